The summed E-state index contributed by atoms with van der Waals surface area (Å²) in [5, 5.41) is 8.76. The summed E-state index contributed by atoms with van der Waals surface area (Å²) in [5.74, 6) is 0.205. The first-order valence-corrected chi connectivity index (χ1v) is 6.08. The Morgan fingerprint density at radius 2 is 2.22 bits per heavy atom. The van der Waals surface area contributed by atoms with E-state index in [0.717, 1.165) is 12.8 Å². The van der Waals surface area contributed by atoms with Crippen LogP contribution in [0.25, 0.3) is 0 Å². The van der Waals surface area contributed by atoms with E-state index >= 15 is 0 Å². The summed E-state index contributed by atoms with van der Waals surface area (Å²) in [4.78, 5) is 28.9. The maximum atomic E-state index is 11.9. The number of rotatable bonds is 5. The average molecular weight is 256 g/mol. The van der Waals surface area contributed by atoms with E-state index < -0.39 is 0 Å². The standard InChI is InChI=1S/C12H20N2O4/c1-9(16)10-4-3-6-14(10)12(17)8-13-11(18-2)5-7-15/h10,15H,3-8H2,1-2H3/b13-11-/t10-/m1/s1. The van der Waals surface area contributed by atoms with E-state index in [1.54, 1.807) is 4.90 Å². The van der Waals surface area contributed by atoms with Crippen LogP contribution in [0.1, 0.15) is 26.2 Å². The Bertz CT molecular complexity index is 341. The van der Waals surface area contributed by atoms with Crippen molar-refractivity contribution < 1.29 is 19.4 Å². The number of hydrogen-bond acceptors (Lipinski definition) is 5. The minimum Gasteiger partial charge on any atom is -0.484 e. The van der Waals surface area contributed by atoms with Gasteiger partial charge >= 0.3 is 0 Å². The zero-order valence-corrected chi connectivity index (χ0v) is 10.9. The number of ketones is 1. The maximum Gasteiger partial charge on any atom is 0.244 e. The summed E-state index contributed by atoms with van der Waals surface area (Å²) in [5.41, 5.74) is 0. The molecule has 102 valence electrons. The smallest absolute Gasteiger partial charge is 0.244 e. The lowest BCUT2D eigenvalue weighted by molar-refractivity contribution is -0.135. The predicted molar refractivity (Wildman–Crippen MR) is 66.4 cm³/mol. The van der Waals surface area contributed by atoms with Crippen molar-refractivity contribution in [2.75, 3.05) is 26.8 Å². The molecule has 1 saturated heterocycles. The van der Waals surface area contributed by atoms with Crippen molar-refractivity contribution >= 4 is 17.6 Å². The molecule has 0 aliphatic carbocycles. The van der Waals surface area contributed by atoms with Crippen molar-refractivity contribution in [1.82, 2.24) is 4.90 Å². The molecule has 18 heavy (non-hydrogen) atoms. The van der Waals surface area contributed by atoms with Crippen LogP contribution in [0.15, 0.2) is 4.99 Å². The van der Waals surface area contributed by atoms with Gasteiger partial charge in [-0.15, -0.1) is 0 Å². The van der Waals surface area contributed by atoms with Crippen molar-refractivity contribution in [2.24, 2.45) is 4.99 Å². The van der Waals surface area contributed by atoms with Gasteiger partial charge in [-0.1, -0.05) is 0 Å². The molecule has 1 aliphatic rings. The number of carbonyl (C=O) groups excluding carboxylic acids is 2. The molecule has 1 aliphatic heterocycles. The fourth-order valence-corrected chi connectivity index (χ4v) is 2.08. The third kappa shape index (κ3) is 3.80. The molecule has 0 unspecified atom stereocenters. The summed E-state index contributed by atoms with van der Waals surface area (Å²) < 4.78 is 4.93. The van der Waals surface area contributed by atoms with E-state index in [1.807, 2.05) is 0 Å². The summed E-state index contributed by atoms with van der Waals surface area (Å²) >= 11 is 0. The molecule has 1 amide bonds. The average Bonchev–Trinajstić information content (AvgIpc) is 2.83. The van der Waals surface area contributed by atoms with E-state index in [0.29, 0.717) is 18.9 Å². The topological polar surface area (TPSA) is 79.2 Å². The Morgan fingerprint density at radius 3 is 2.78 bits per heavy atom. The van der Waals surface area contributed by atoms with E-state index in [2.05, 4.69) is 4.99 Å². The first kappa shape index (κ1) is 14.6. The second-order valence-electron chi connectivity index (χ2n) is 4.24. The molecule has 0 bridgehead atoms. The molecule has 1 fully saturated rings. The van der Waals surface area contributed by atoms with Crippen LogP contribution in [-0.4, -0.2) is 60.4 Å². The zero-order chi connectivity index (χ0) is 13.5. The van der Waals surface area contributed by atoms with Gasteiger partial charge in [-0.05, 0) is 19.8 Å². The van der Waals surface area contributed by atoms with Crippen molar-refractivity contribution in [2.45, 2.75) is 32.2 Å². The predicted octanol–water partition coefficient (Wildman–Crippen LogP) is -0.00630. The number of methoxy groups -OCH3 is 1. The van der Waals surface area contributed by atoms with Gasteiger partial charge in [0.05, 0.1) is 19.8 Å². The lowest BCUT2D eigenvalue weighted by atomic mass is 10.1. The van der Waals surface area contributed by atoms with Crippen molar-refractivity contribution in [1.29, 1.82) is 0 Å². The Balaban J connectivity index is 2.57. The first-order valence-electron chi connectivity index (χ1n) is 6.08. The maximum absolute atomic E-state index is 11.9. The minimum absolute atomic E-state index is 0.0205. The Kier molecular flexibility index (Phi) is 5.77. The number of Topliss-reactive ketones (excluding diaryl/α,β-unsaturated/α-hetero) is 1. The zero-order valence-electron chi connectivity index (χ0n) is 10.9. The minimum atomic E-state index is -0.295. The molecule has 1 N–H and O–H groups in total. The molecule has 1 rings (SSSR count). The fourth-order valence-electron chi connectivity index (χ4n) is 2.08. The number of carbonyl (C=O) groups is 2. The number of aliphatic imine (C=N–C) groups is 1. The molecule has 0 radical (unpaired) electrons. The second kappa shape index (κ2) is 7.10. The molecule has 0 spiro atoms. The van der Waals surface area contributed by atoms with Gasteiger partial charge < -0.3 is 14.7 Å². The van der Waals surface area contributed by atoms with Crippen LogP contribution >= 0.6 is 0 Å². The van der Waals surface area contributed by atoms with Crippen LogP contribution in [0.3, 0.4) is 0 Å². The molecule has 0 aromatic rings. The van der Waals surface area contributed by atoms with Crippen molar-refractivity contribution in [3.8, 4) is 0 Å². The number of hydrogen-bond donors (Lipinski definition) is 1. The lowest BCUT2D eigenvalue weighted by Crippen LogP contribution is -2.40. The van der Waals surface area contributed by atoms with Gasteiger partial charge in [0.1, 0.15) is 6.54 Å². The van der Waals surface area contributed by atoms with E-state index in [1.165, 1.54) is 14.0 Å². The monoisotopic (exact) mass is 256 g/mol. The highest BCUT2D eigenvalue weighted by atomic mass is 16.5. The Hall–Kier alpha value is -1.43. The van der Waals surface area contributed by atoms with Gasteiger partial charge in [-0.3, -0.25) is 9.59 Å². The number of amides is 1. The van der Waals surface area contributed by atoms with Crippen LogP contribution < -0.4 is 0 Å². The third-order valence-electron chi connectivity index (χ3n) is 2.99. The molecule has 0 saturated carbocycles. The fraction of sp³-hybridized carbons (Fsp3) is 0.750. The molecule has 6 heteroatoms. The van der Waals surface area contributed by atoms with Crippen LogP contribution in [0.4, 0.5) is 0 Å². The van der Waals surface area contributed by atoms with E-state index in [9.17, 15) is 9.59 Å². The normalized spacial score (nSPS) is 20.1. The molecule has 6 nitrogen and oxygen atoms in total. The first-order chi connectivity index (χ1) is 8.60. The SMILES string of the molecule is CO/C(CCO)=N\CC(=O)N1CCC[C@@H]1C(C)=O. The molecule has 0 aromatic heterocycles. The highest BCUT2D eigenvalue weighted by Crippen LogP contribution is 2.18. The summed E-state index contributed by atoms with van der Waals surface area (Å²) in [6, 6.07) is -0.295. The number of ether oxygens (including phenoxy) is 1. The van der Waals surface area contributed by atoms with E-state index in [4.69, 9.17) is 9.84 Å². The molecular formula is C12H20N2O4. The quantitative estimate of drug-likeness (QED) is 0.554. The van der Waals surface area contributed by atoms with Crippen LogP contribution in [0.5, 0.6) is 0 Å². The number of likely N-dealkylation sites (tertiary alicyclic amines) is 1. The largest absolute Gasteiger partial charge is 0.484 e. The third-order valence-corrected chi connectivity index (χ3v) is 2.99. The van der Waals surface area contributed by atoms with Crippen LogP contribution in [0.2, 0.25) is 0 Å². The molecule has 0 aromatic carbocycles. The van der Waals surface area contributed by atoms with Crippen LogP contribution in [0, 0.1) is 0 Å². The van der Waals surface area contributed by atoms with Gasteiger partial charge in [0.25, 0.3) is 0 Å². The van der Waals surface area contributed by atoms with Crippen LogP contribution in [-0.2, 0) is 14.3 Å². The molecule has 1 atom stereocenters. The van der Waals surface area contributed by atoms with Gasteiger partial charge in [-0.25, -0.2) is 4.99 Å². The second-order valence-corrected chi connectivity index (χ2v) is 4.24. The van der Waals surface area contributed by atoms with Gasteiger partial charge in [-0.2, -0.15) is 0 Å². The number of aliphatic hydroxyl groups is 1. The Labute approximate surface area is 107 Å². The van der Waals surface area contributed by atoms with Crippen molar-refractivity contribution in [3.05, 3.63) is 0 Å². The summed E-state index contributed by atoms with van der Waals surface area (Å²) in [6.45, 7) is 2.01. The number of aliphatic hydroxyl groups excluding tert-OH is 1. The Morgan fingerprint density at radius 1 is 1.50 bits per heavy atom. The van der Waals surface area contributed by atoms with Gasteiger partial charge in [0, 0.05) is 13.0 Å². The summed E-state index contributed by atoms with van der Waals surface area (Å²) in [6.07, 6.45) is 1.88. The van der Waals surface area contributed by atoms with Gasteiger partial charge in [0.2, 0.25) is 5.91 Å². The molecule has 1 heterocycles. The lowest BCUT2D eigenvalue weighted by Gasteiger charge is -2.21. The highest BCUT2D eigenvalue weighted by molar-refractivity contribution is 5.89. The summed E-state index contributed by atoms with van der Waals surface area (Å²) in [7, 11) is 1.45. The highest BCUT2D eigenvalue weighted by Gasteiger charge is 2.31. The number of nitrogens with zero attached hydrogens (tertiary/aromatic N) is 2. The van der Waals surface area contributed by atoms with Gasteiger partial charge in [0.15, 0.2) is 11.7 Å². The molecular weight excluding hydrogens is 236 g/mol. The van der Waals surface area contributed by atoms with E-state index in [-0.39, 0.29) is 30.9 Å². The van der Waals surface area contributed by atoms with Crippen molar-refractivity contribution in [3.63, 3.8) is 0 Å².